The predicted octanol–water partition coefficient (Wildman–Crippen LogP) is 3.15. The molecule has 2 aromatic carbocycles. The van der Waals surface area contributed by atoms with E-state index in [0.717, 1.165) is 30.6 Å². The molecule has 0 saturated carbocycles. The number of hydrogen-bond acceptors (Lipinski definition) is 6. The van der Waals surface area contributed by atoms with Crippen molar-refractivity contribution in [1.82, 2.24) is 4.90 Å². The number of hydrogen-bond donors (Lipinski definition) is 1. The standard InChI is InChI=1S/C22H24N2O4/c1-26-19-9-8-15(16-10-20(22(25)27-2)28-21(16)19)11-24-12-17(18(23)13-24)14-6-4-3-5-7-14/h3-10,17-18H,11-13,23H2,1-2H3/t17-,18+/m0/s1. The first-order valence-electron chi connectivity index (χ1n) is 9.31. The number of fused-ring (bicyclic) bond motifs is 1. The van der Waals surface area contributed by atoms with E-state index in [2.05, 4.69) is 29.2 Å². The molecule has 0 bridgehead atoms. The molecule has 0 radical (unpaired) electrons. The van der Waals surface area contributed by atoms with Crippen LogP contribution in [0, 0.1) is 0 Å². The van der Waals surface area contributed by atoms with E-state index in [-0.39, 0.29) is 11.8 Å². The lowest BCUT2D eigenvalue weighted by Crippen LogP contribution is -2.28. The zero-order valence-electron chi connectivity index (χ0n) is 16.1. The van der Waals surface area contributed by atoms with Gasteiger partial charge in [-0.1, -0.05) is 36.4 Å². The van der Waals surface area contributed by atoms with Crippen LogP contribution in [-0.4, -0.2) is 44.2 Å². The third kappa shape index (κ3) is 3.37. The molecule has 28 heavy (non-hydrogen) atoms. The first kappa shape index (κ1) is 18.5. The minimum absolute atomic E-state index is 0.0890. The average molecular weight is 380 g/mol. The van der Waals surface area contributed by atoms with Gasteiger partial charge in [0.2, 0.25) is 5.76 Å². The summed E-state index contributed by atoms with van der Waals surface area (Å²) in [6.45, 7) is 2.42. The molecule has 1 aliphatic heterocycles. The van der Waals surface area contributed by atoms with Crippen LogP contribution >= 0.6 is 0 Å². The van der Waals surface area contributed by atoms with Crippen LogP contribution in [0.4, 0.5) is 0 Å². The molecular formula is C22H24N2O4. The Balaban J connectivity index is 1.61. The van der Waals surface area contributed by atoms with Gasteiger partial charge < -0.3 is 19.6 Å². The van der Waals surface area contributed by atoms with Crippen LogP contribution < -0.4 is 10.5 Å². The minimum Gasteiger partial charge on any atom is -0.493 e. The highest BCUT2D eigenvalue weighted by Gasteiger charge is 2.31. The van der Waals surface area contributed by atoms with Crippen molar-refractivity contribution in [3.8, 4) is 5.75 Å². The Kier molecular flexibility index (Phi) is 5.07. The molecule has 3 aromatic rings. The van der Waals surface area contributed by atoms with Crippen molar-refractivity contribution < 1.29 is 18.7 Å². The Labute approximate surface area is 163 Å². The van der Waals surface area contributed by atoms with Gasteiger partial charge in [-0.3, -0.25) is 4.90 Å². The van der Waals surface area contributed by atoms with Gasteiger partial charge in [0.15, 0.2) is 11.3 Å². The number of likely N-dealkylation sites (tertiary alicyclic amines) is 1. The molecule has 6 nitrogen and oxygen atoms in total. The molecule has 1 aliphatic rings. The molecule has 2 N–H and O–H groups in total. The zero-order valence-corrected chi connectivity index (χ0v) is 16.1. The lowest BCUT2D eigenvalue weighted by Gasteiger charge is -2.17. The predicted molar refractivity (Wildman–Crippen MR) is 107 cm³/mol. The number of benzene rings is 2. The highest BCUT2D eigenvalue weighted by atomic mass is 16.5. The maximum absolute atomic E-state index is 11.9. The van der Waals surface area contributed by atoms with Crippen LogP contribution in [-0.2, 0) is 11.3 Å². The number of nitrogens with zero attached hydrogens (tertiary/aromatic N) is 1. The monoisotopic (exact) mass is 380 g/mol. The van der Waals surface area contributed by atoms with Gasteiger partial charge in [-0.05, 0) is 23.3 Å². The molecule has 6 heteroatoms. The number of furan rings is 1. The zero-order chi connectivity index (χ0) is 19.7. The van der Waals surface area contributed by atoms with Gasteiger partial charge in [-0.15, -0.1) is 0 Å². The Morgan fingerprint density at radius 1 is 1.18 bits per heavy atom. The van der Waals surface area contributed by atoms with Crippen molar-refractivity contribution in [3.63, 3.8) is 0 Å². The lowest BCUT2D eigenvalue weighted by molar-refractivity contribution is 0.0567. The Morgan fingerprint density at radius 2 is 1.96 bits per heavy atom. The minimum atomic E-state index is -0.503. The van der Waals surface area contributed by atoms with E-state index in [1.54, 1.807) is 13.2 Å². The van der Waals surface area contributed by atoms with Crippen LogP contribution in [0.3, 0.4) is 0 Å². The van der Waals surface area contributed by atoms with Crippen LogP contribution in [0.5, 0.6) is 5.75 Å². The SMILES string of the molecule is COC(=O)c1cc2c(CN3C[C@@H](N)[C@H](c4ccccc4)C3)ccc(OC)c2o1. The molecule has 2 heterocycles. The summed E-state index contributed by atoms with van der Waals surface area (Å²) in [5, 5.41) is 0.858. The lowest BCUT2D eigenvalue weighted by atomic mass is 9.95. The Bertz CT molecular complexity index is 983. The highest BCUT2D eigenvalue weighted by molar-refractivity contribution is 5.95. The Morgan fingerprint density at radius 3 is 2.68 bits per heavy atom. The van der Waals surface area contributed by atoms with Crippen molar-refractivity contribution in [2.45, 2.75) is 18.5 Å². The van der Waals surface area contributed by atoms with Gasteiger partial charge in [-0.25, -0.2) is 4.79 Å². The second-order valence-corrected chi connectivity index (χ2v) is 7.15. The number of nitrogens with two attached hydrogens (primary N) is 1. The van der Waals surface area contributed by atoms with E-state index >= 15 is 0 Å². The Hall–Kier alpha value is -2.83. The third-order valence-electron chi connectivity index (χ3n) is 5.41. The molecule has 1 fully saturated rings. The van der Waals surface area contributed by atoms with Gasteiger partial charge in [0, 0.05) is 37.0 Å². The molecule has 146 valence electrons. The van der Waals surface area contributed by atoms with Crippen molar-refractivity contribution >= 4 is 16.9 Å². The van der Waals surface area contributed by atoms with Crippen LogP contribution in [0.25, 0.3) is 11.0 Å². The summed E-state index contributed by atoms with van der Waals surface area (Å²) in [7, 11) is 2.92. The van der Waals surface area contributed by atoms with Crippen molar-refractivity contribution in [2.24, 2.45) is 5.73 Å². The molecular weight excluding hydrogens is 356 g/mol. The number of carbonyl (C=O) groups is 1. The number of carbonyl (C=O) groups excluding carboxylic acids is 1. The van der Waals surface area contributed by atoms with E-state index in [4.69, 9.17) is 19.6 Å². The maximum Gasteiger partial charge on any atom is 0.373 e. The highest BCUT2D eigenvalue weighted by Crippen LogP contribution is 2.34. The summed E-state index contributed by atoms with van der Waals surface area (Å²) >= 11 is 0. The van der Waals surface area contributed by atoms with E-state index in [1.807, 2.05) is 18.2 Å². The fraction of sp³-hybridized carbons (Fsp3) is 0.318. The van der Waals surface area contributed by atoms with Crippen LogP contribution in [0.1, 0.15) is 27.6 Å². The first-order chi connectivity index (χ1) is 13.6. The van der Waals surface area contributed by atoms with E-state index in [9.17, 15) is 4.79 Å². The van der Waals surface area contributed by atoms with Crippen LogP contribution in [0.15, 0.2) is 52.9 Å². The average Bonchev–Trinajstić information content (AvgIpc) is 3.32. The molecule has 1 saturated heterocycles. The van der Waals surface area contributed by atoms with Crippen molar-refractivity contribution in [3.05, 3.63) is 65.4 Å². The molecule has 0 unspecified atom stereocenters. The van der Waals surface area contributed by atoms with Gasteiger partial charge >= 0.3 is 5.97 Å². The number of rotatable bonds is 5. The fourth-order valence-corrected chi connectivity index (χ4v) is 3.99. The smallest absolute Gasteiger partial charge is 0.373 e. The van der Waals surface area contributed by atoms with E-state index in [0.29, 0.717) is 17.3 Å². The summed E-state index contributed by atoms with van der Waals surface area (Å²) in [4.78, 5) is 14.2. The second-order valence-electron chi connectivity index (χ2n) is 7.15. The third-order valence-corrected chi connectivity index (χ3v) is 5.41. The second kappa shape index (κ2) is 7.66. The first-order valence-corrected chi connectivity index (χ1v) is 9.31. The van der Waals surface area contributed by atoms with Gasteiger partial charge in [-0.2, -0.15) is 0 Å². The molecule has 0 aliphatic carbocycles. The largest absolute Gasteiger partial charge is 0.493 e. The molecule has 0 amide bonds. The van der Waals surface area contributed by atoms with Gasteiger partial charge in [0.05, 0.1) is 14.2 Å². The van der Waals surface area contributed by atoms with Gasteiger partial charge in [0.1, 0.15) is 0 Å². The van der Waals surface area contributed by atoms with Crippen LogP contribution in [0.2, 0.25) is 0 Å². The summed E-state index contributed by atoms with van der Waals surface area (Å²) in [6.07, 6.45) is 0. The quantitative estimate of drug-likeness (QED) is 0.685. The summed E-state index contributed by atoms with van der Waals surface area (Å²) in [5.41, 5.74) is 9.33. The normalized spacial score (nSPS) is 19.8. The summed E-state index contributed by atoms with van der Waals surface area (Å²) in [5.74, 6) is 0.569. The number of methoxy groups -OCH3 is 2. The number of esters is 1. The summed E-state index contributed by atoms with van der Waals surface area (Å²) in [6, 6.07) is 16.1. The van der Waals surface area contributed by atoms with Gasteiger partial charge in [0.25, 0.3) is 0 Å². The topological polar surface area (TPSA) is 77.9 Å². The van der Waals surface area contributed by atoms with Crippen molar-refractivity contribution in [2.75, 3.05) is 27.3 Å². The molecule has 4 rings (SSSR count). The molecule has 0 spiro atoms. The summed E-state index contributed by atoms with van der Waals surface area (Å²) < 4.78 is 15.9. The molecule has 1 aromatic heterocycles. The van der Waals surface area contributed by atoms with Crippen molar-refractivity contribution in [1.29, 1.82) is 0 Å². The maximum atomic E-state index is 11.9. The molecule has 2 atom stereocenters. The van der Waals surface area contributed by atoms with E-state index in [1.165, 1.54) is 12.7 Å². The number of ether oxygens (including phenoxy) is 2. The van der Waals surface area contributed by atoms with E-state index < -0.39 is 5.97 Å². The fourth-order valence-electron chi connectivity index (χ4n) is 3.99.